The molecule has 4 aromatic rings. The Morgan fingerprint density at radius 2 is 1.58 bits per heavy atom. The van der Waals surface area contributed by atoms with Gasteiger partial charge in [0.25, 0.3) is 5.91 Å². The highest BCUT2D eigenvalue weighted by molar-refractivity contribution is 5.93. The van der Waals surface area contributed by atoms with E-state index in [1.165, 1.54) is 19.6 Å². The lowest BCUT2D eigenvalue weighted by atomic mass is 9.81. The van der Waals surface area contributed by atoms with Crippen LogP contribution in [0.3, 0.4) is 0 Å². The minimum Gasteiger partial charge on any atom is -0.481 e. The van der Waals surface area contributed by atoms with E-state index in [-0.39, 0.29) is 85.2 Å². The zero-order valence-electron chi connectivity index (χ0n) is 27.6. The van der Waals surface area contributed by atoms with Crippen LogP contribution in [-0.4, -0.2) is 102 Å². The lowest BCUT2D eigenvalue weighted by Gasteiger charge is -2.53. The Labute approximate surface area is 301 Å². The second-order valence-electron chi connectivity index (χ2n) is 11.9. The molecule has 2 aliphatic heterocycles. The van der Waals surface area contributed by atoms with Gasteiger partial charge in [-0.05, 0) is 24.1 Å². The molecule has 4 heterocycles. The second kappa shape index (κ2) is 17.3. The highest BCUT2D eigenvalue weighted by Gasteiger charge is 2.44. The van der Waals surface area contributed by atoms with Crippen LogP contribution in [0.1, 0.15) is 39.9 Å². The van der Waals surface area contributed by atoms with Gasteiger partial charge in [0, 0.05) is 57.3 Å². The molecule has 15 heteroatoms. The maximum Gasteiger partial charge on any atom is 0.422 e. The van der Waals surface area contributed by atoms with E-state index in [4.69, 9.17) is 18.6 Å². The summed E-state index contributed by atoms with van der Waals surface area (Å²) >= 11 is 0. The first kappa shape index (κ1) is 38.8. The number of hydrogen-bond donors (Lipinski definition) is 0. The van der Waals surface area contributed by atoms with Crippen LogP contribution < -0.4 is 14.2 Å². The van der Waals surface area contributed by atoms with E-state index in [2.05, 4.69) is 44.0 Å². The lowest BCUT2D eigenvalue weighted by molar-refractivity contribution is -0.154. The zero-order chi connectivity index (χ0) is 33.7. The number of amides is 1. The fourth-order valence-corrected chi connectivity index (χ4v) is 6.76. The maximum absolute atomic E-state index is 13.4. The molecule has 50 heavy (non-hydrogen) atoms. The van der Waals surface area contributed by atoms with E-state index in [1.54, 1.807) is 13.0 Å². The van der Waals surface area contributed by atoms with E-state index in [9.17, 15) is 18.0 Å². The number of carbonyl (C=O) groups is 1. The van der Waals surface area contributed by atoms with Crippen LogP contribution in [0, 0.1) is 0 Å². The van der Waals surface area contributed by atoms with Gasteiger partial charge in [-0.2, -0.15) is 23.1 Å². The van der Waals surface area contributed by atoms with Crippen LogP contribution in [0.25, 0.3) is 0 Å². The molecule has 2 atom stereocenters. The molecular weight excluding hydrogens is 698 g/mol. The number of alkyl halides is 3. The molecule has 2 aromatic heterocycles. The molecule has 10 nitrogen and oxygen atoms in total. The number of halogens is 5. The summed E-state index contributed by atoms with van der Waals surface area (Å²) in [5.41, 5.74) is 3.06. The van der Waals surface area contributed by atoms with Gasteiger partial charge in [-0.1, -0.05) is 60.7 Å². The smallest absolute Gasteiger partial charge is 0.422 e. The fourth-order valence-electron chi connectivity index (χ4n) is 6.76. The normalized spacial score (nSPS) is 18.1. The third kappa shape index (κ3) is 9.00. The summed E-state index contributed by atoms with van der Waals surface area (Å²) in [6, 6.07) is 22.0. The predicted octanol–water partition coefficient (Wildman–Crippen LogP) is 6.10. The Morgan fingerprint density at radius 3 is 2.16 bits per heavy atom. The lowest BCUT2D eigenvalue weighted by Crippen LogP contribution is -2.67. The van der Waals surface area contributed by atoms with Crippen molar-refractivity contribution in [2.75, 3.05) is 53.0 Å². The maximum atomic E-state index is 13.4. The third-order valence-electron chi connectivity index (χ3n) is 8.76. The van der Waals surface area contributed by atoms with Crippen LogP contribution in [0.2, 0.25) is 0 Å². The minimum atomic E-state index is -4.58. The number of nitrogens with zero attached hydrogens (tertiary/aromatic N) is 5. The van der Waals surface area contributed by atoms with Crippen molar-refractivity contribution < 1.29 is 36.6 Å². The van der Waals surface area contributed by atoms with Crippen LogP contribution in [0.5, 0.6) is 17.8 Å². The summed E-state index contributed by atoms with van der Waals surface area (Å²) in [6.45, 7) is 3.30. The van der Waals surface area contributed by atoms with Crippen molar-refractivity contribution in [3.8, 4) is 17.8 Å². The third-order valence-corrected chi connectivity index (χ3v) is 8.76. The first-order chi connectivity index (χ1) is 23.2. The first-order valence-electron chi connectivity index (χ1n) is 15.9. The second-order valence-corrected chi connectivity index (χ2v) is 11.9. The van der Waals surface area contributed by atoms with Gasteiger partial charge in [0.2, 0.25) is 11.8 Å². The molecule has 0 bridgehead atoms. The van der Waals surface area contributed by atoms with Gasteiger partial charge in [0.15, 0.2) is 6.61 Å². The molecule has 270 valence electrons. The summed E-state index contributed by atoms with van der Waals surface area (Å²) in [7, 11) is 1.40. The Morgan fingerprint density at radius 1 is 0.920 bits per heavy atom. The average Bonchev–Trinajstić information content (AvgIpc) is 3.64. The van der Waals surface area contributed by atoms with Crippen molar-refractivity contribution in [3.63, 3.8) is 0 Å². The van der Waals surface area contributed by atoms with Gasteiger partial charge in [0.05, 0.1) is 31.1 Å². The molecule has 0 aliphatic carbocycles. The molecule has 1 amide bonds. The summed E-state index contributed by atoms with van der Waals surface area (Å²) < 4.78 is 61.4. The standard InChI is InChI=1S/C35H38F3N5O5.2ClH/c1-3-47-34-39-31(45-2)28(32(40-34)48-23-35(36,37)38)20-41-18-27-19-42(33(44)26-14-17-46-22-26)15-16-43(27)29(21-41)30(24-10-6-4-7-11-24)25-12-8-5-9-13-25;;/h4-14,17,22,27,29-30H,3,15-16,18-21,23H2,1-2H3;2*1H. The molecule has 0 spiro atoms. The molecule has 2 aliphatic rings. The van der Waals surface area contributed by atoms with Gasteiger partial charge in [-0.3, -0.25) is 14.6 Å². The largest absolute Gasteiger partial charge is 0.481 e. The Balaban J connectivity index is 0.00000281. The molecule has 2 saturated heterocycles. The van der Waals surface area contributed by atoms with Crippen molar-refractivity contribution in [1.82, 2.24) is 24.7 Å². The van der Waals surface area contributed by atoms with Gasteiger partial charge in [-0.15, -0.1) is 24.8 Å². The van der Waals surface area contributed by atoms with Crippen molar-refractivity contribution >= 4 is 30.7 Å². The molecule has 2 fully saturated rings. The van der Waals surface area contributed by atoms with Crippen LogP contribution >= 0.6 is 24.8 Å². The SMILES string of the molecule is CCOc1nc(OC)c(CN2CC3CN(C(=O)c4ccoc4)CCN3C(C(c3ccccc3)c3ccccc3)C2)c(OCC(F)(F)F)n1.Cl.Cl. The van der Waals surface area contributed by atoms with Crippen molar-refractivity contribution in [2.45, 2.75) is 37.6 Å². The highest BCUT2D eigenvalue weighted by atomic mass is 35.5. The highest BCUT2D eigenvalue weighted by Crippen LogP contribution is 2.38. The summed E-state index contributed by atoms with van der Waals surface area (Å²) in [6.07, 6.45) is -1.65. The molecule has 0 radical (unpaired) electrons. The van der Waals surface area contributed by atoms with E-state index < -0.39 is 12.8 Å². The van der Waals surface area contributed by atoms with Crippen molar-refractivity contribution in [3.05, 3.63) is 102 Å². The van der Waals surface area contributed by atoms with Gasteiger partial charge < -0.3 is 23.5 Å². The Kier molecular flexibility index (Phi) is 13.4. The monoisotopic (exact) mass is 737 g/mol. The van der Waals surface area contributed by atoms with E-state index in [0.29, 0.717) is 38.3 Å². The Bertz CT molecular complexity index is 1610. The Hall–Kier alpha value is -4.04. The van der Waals surface area contributed by atoms with Gasteiger partial charge >= 0.3 is 12.2 Å². The van der Waals surface area contributed by atoms with E-state index >= 15 is 0 Å². The number of ether oxygens (including phenoxy) is 3. The number of rotatable bonds is 11. The molecular formula is C35H40Cl2F3N5O5. The minimum absolute atomic E-state index is 0. The topological polar surface area (TPSA) is 93.4 Å². The number of piperazine rings is 2. The first-order valence-corrected chi connectivity index (χ1v) is 15.9. The average molecular weight is 739 g/mol. The van der Waals surface area contributed by atoms with Crippen LogP contribution in [-0.2, 0) is 6.54 Å². The van der Waals surface area contributed by atoms with Crippen LogP contribution in [0.15, 0.2) is 83.7 Å². The van der Waals surface area contributed by atoms with Crippen molar-refractivity contribution in [1.29, 1.82) is 0 Å². The van der Waals surface area contributed by atoms with E-state index in [1.807, 2.05) is 41.3 Å². The number of hydrogen-bond acceptors (Lipinski definition) is 9. The predicted molar refractivity (Wildman–Crippen MR) is 185 cm³/mol. The number of carbonyl (C=O) groups excluding carboxylic acids is 1. The number of aromatic nitrogens is 2. The number of furan rings is 1. The fraction of sp³-hybridized carbons (Fsp3) is 0.400. The molecule has 2 unspecified atom stereocenters. The molecule has 0 N–H and O–H groups in total. The summed E-state index contributed by atoms with van der Waals surface area (Å²) in [5.74, 6) is -0.310. The molecule has 0 saturated carbocycles. The number of methoxy groups -OCH3 is 1. The molecule has 6 rings (SSSR count). The zero-order valence-corrected chi connectivity index (χ0v) is 29.3. The van der Waals surface area contributed by atoms with E-state index in [0.717, 1.165) is 11.1 Å². The summed E-state index contributed by atoms with van der Waals surface area (Å²) in [5, 5.41) is 0. The van der Waals surface area contributed by atoms with Gasteiger partial charge in [-0.25, -0.2) is 0 Å². The quantitative estimate of drug-likeness (QED) is 0.181. The van der Waals surface area contributed by atoms with Crippen LogP contribution in [0.4, 0.5) is 13.2 Å². The van der Waals surface area contributed by atoms with Gasteiger partial charge in [0.1, 0.15) is 6.26 Å². The number of benzene rings is 2. The summed E-state index contributed by atoms with van der Waals surface area (Å²) in [4.78, 5) is 28.4. The van der Waals surface area contributed by atoms with Crippen molar-refractivity contribution in [2.24, 2.45) is 0 Å². The molecule has 2 aromatic carbocycles. The number of fused-ring (bicyclic) bond motifs is 1.